The highest BCUT2D eigenvalue weighted by molar-refractivity contribution is 6.74. The molecule has 0 saturated heterocycles. The number of esters is 1. The highest BCUT2D eigenvalue weighted by Gasteiger charge is 2.52. The van der Waals surface area contributed by atoms with Gasteiger partial charge in [0.1, 0.15) is 5.84 Å². The zero-order valence-electron chi connectivity index (χ0n) is 27.8. The number of amides is 1. The van der Waals surface area contributed by atoms with Gasteiger partial charge >= 0.3 is 5.97 Å². The number of hydrogen-bond donors (Lipinski definition) is 1. The molecule has 10 heteroatoms. The molecule has 2 N–H and O–H groups in total. The van der Waals surface area contributed by atoms with Crippen molar-refractivity contribution in [2.75, 3.05) is 33.4 Å². The molecule has 3 rings (SSSR count). The smallest absolute Gasteiger partial charge is 0.316 e. The number of methoxy groups -OCH3 is 1. The first-order valence-corrected chi connectivity index (χ1v) is 20.9. The average Bonchev–Trinajstić information content (AvgIpc) is 3.69. The van der Waals surface area contributed by atoms with Gasteiger partial charge < -0.3 is 24.2 Å². The lowest BCUT2D eigenvalue weighted by atomic mass is 9.93. The molecule has 0 spiro atoms. The van der Waals surface area contributed by atoms with E-state index in [1.807, 2.05) is 29.2 Å². The molecule has 1 aromatic carbocycles. The van der Waals surface area contributed by atoms with E-state index in [2.05, 4.69) is 72.7 Å². The predicted molar refractivity (Wildman–Crippen MR) is 176 cm³/mol. The summed E-state index contributed by atoms with van der Waals surface area (Å²) in [5, 5.41) is 0.162. The Kier molecular flexibility index (Phi) is 10.1. The van der Waals surface area contributed by atoms with Gasteiger partial charge in [-0.05, 0) is 66.8 Å². The third-order valence-electron chi connectivity index (χ3n) is 9.70. The van der Waals surface area contributed by atoms with Gasteiger partial charge in [0.15, 0.2) is 16.6 Å². The van der Waals surface area contributed by atoms with Crippen LogP contribution in [0.4, 0.5) is 5.69 Å². The van der Waals surface area contributed by atoms with E-state index in [0.717, 1.165) is 24.0 Å². The Morgan fingerprint density at radius 3 is 1.93 bits per heavy atom. The summed E-state index contributed by atoms with van der Waals surface area (Å²) < 4.78 is 18.0. The summed E-state index contributed by atoms with van der Waals surface area (Å²) in [6.45, 7) is 24.1. The monoisotopic (exact) mass is 615 g/mol. The van der Waals surface area contributed by atoms with Crippen molar-refractivity contribution in [2.45, 2.75) is 102 Å². The molecule has 1 fully saturated rings. The van der Waals surface area contributed by atoms with Gasteiger partial charge in [-0.2, -0.15) is 0 Å². The number of benzene rings is 1. The van der Waals surface area contributed by atoms with E-state index in [4.69, 9.17) is 19.3 Å². The van der Waals surface area contributed by atoms with E-state index in [1.165, 1.54) is 7.11 Å². The summed E-state index contributed by atoms with van der Waals surface area (Å²) in [5.74, 6) is 0.0503. The minimum atomic E-state index is -1.97. The Labute approximate surface area is 255 Å². The van der Waals surface area contributed by atoms with Crippen molar-refractivity contribution in [3.05, 3.63) is 34.9 Å². The van der Waals surface area contributed by atoms with Crippen LogP contribution >= 0.6 is 0 Å². The Morgan fingerprint density at radius 1 is 0.952 bits per heavy atom. The Bertz CT molecular complexity index is 1210. The van der Waals surface area contributed by atoms with E-state index in [9.17, 15) is 9.59 Å². The molecular weight excluding hydrogens is 563 g/mol. The molecule has 1 aliphatic carbocycles. The van der Waals surface area contributed by atoms with Gasteiger partial charge in [-0.25, -0.2) is 4.99 Å². The second kappa shape index (κ2) is 12.4. The molecule has 0 atom stereocenters. The fourth-order valence-electron chi connectivity index (χ4n) is 4.53. The largest absolute Gasteiger partial charge is 0.468 e. The van der Waals surface area contributed by atoms with E-state index in [-0.39, 0.29) is 28.4 Å². The average molecular weight is 616 g/mol. The first kappa shape index (κ1) is 34.2. The molecule has 0 unspecified atom stereocenters. The van der Waals surface area contributed by atoms with Gasteiger partial charge in [-0.1, -0.05) is 53.7 Å². The van der Waals surface area contributed by atoms with Crippen LogP contribution in [0.15, 0.2) is 28.8 Å². The molecule has 8 nitrogen and oxygen atoms in total. The number of carbonyl (C=O) groups is 2. The minimum absolute atomic E-state index is 0.0808. The van der Waals surface area contributed by atoms with Crippen molar-refractivity contribution in [3.8, 4) is 0 Å². The Balaban J connectivity index is 1.86. The fourth-order valence-corrected chi connectivity index (χ4v) is 6.60. The molecular formula is C32H53N3O5Si2. The van der Waals surface area contributed by atoms with Gasteiger partial charge in [-0.3, -0.25) is 9.59 Å². The van der Waals surface area contributed by atoms with Crippen LogP contribution in [0.5, 0.6) is 0 Å². The van der Waals surface area contributed by atoms with Crippen LogP contribution in [0.3, 0.4) is 0 Å². The predicted octanol–water partition coefficient (Wildman–Crippen LogP) is 6.54. The molecule has 1 saturated carbocycles. The lowest BCUT2D eigenvalue weighted by Crippen LogP contribution is -2.46. The normalized spacial score (nSPS) is 17.0. The second-order valence-corrected chi connectivity index (χ2v) is 24.4. The number of hydrogen-bond acceptors (Lipinski definition) is 7. The van der Waals surface area contributed by atoms with E-state index in [0.29, 0.717) is 43.4 Å². The highest BCUT2D eigenvalue weighted by Crippen LogP contribution is 2.50. The van der Waals surface area contributed by atoms with Crippen molar-refractivity contribution in [1.82, 2.24) is 4.90 Å². The Morgan fingerprint density at radius 2 is 1.48 bits per heavy atom. The minimum Gasteiger partial charge on any atom is -0.468 e. The third-order valence-corrected chi connectivity index (χ3v) is 18.8. The zero-order chi connectivity index (χ0) is 31.7. The molecule has 0 aromatic heterocycles. The number of nitrogens with zero attached hydrogens (tertiary/aromatic N) is 2. The molecule has 1 heterocycles. The number of rotatable bonds is 11. The van der Waals surface area contributed by atoms with Crippen molar-refractivity contribution < 1.29 is 23.2 Å². The summed E-state index contributed by atoms with van der Waals surface area (Å²) in [6.07, 6.45) is 3.63. The lowest BCUT2D eigenvalue weighted by Gasteiger charge is -2.38. The summed E-state index contributed by atoms with van der Waals surface area (Å²) in [4.78, 5) is 33.0. The van der Waals surface area contributed by atoms with Crippen molar-refractivity contribution in [3.63, 3.8) is 0 Å². The maximum atomic E-state index is 14.1. The standard InChI is InChI=1S/C32H53N3O5Si2/c1-30(2,3)41(8,9)39-18-16-35(17-19-40-42(10,11)31(4,5)6)28(36)24-20-23-12-13-25(22-26(23)34-27(33)21-24)32(14-15-32)29(37)38-7/h12-13,20,22H,14-19,21H2,1-11H3,(H2,33,34). The molecule has 1 amide bonds. The maximum absolute atomic E-state index is 14.1. The number of aliphatic imine (C=N–C) groups is 1. The van der Waals surface area contributed by atoms with Gasteiger partial charge in [0.05, 0.1) is 31.4 Å². The third kappa shape index (κ3) is 7.62. The Hall–Kier alpha value is -2.28. The van der Waals surface area contributed by atoms with Gasteiger partial charge in [0.25, 0.3) is 0 Å². The molecule has 2 aliphatic rings. The van der Waals surface area contributed by atoms with E-state index < -0.39 is 22.0 Å². The first-order valence-electron chi connectivity index (χ1n) is 15.1. The van der Waals surface area contributed by atoms with E-state index in [1.54, 1.807) is 0 Å². The number of carbonyl (C=O) groups excluding carboxylic acids is 2. The summed E-state index contributed by atoms with van der Waals surface area (Å²) >= 11 is 0. The lowest BCUT2D eigenvalue weighted by molar-refractivity contribution is -0.143. The molecule has 234 valence electrons. The zero-order valence-corrected chi connectivity index (χ0v) is 29.8. The summed E-state index contributed by atoms with van der Waals surface area (Å²) in [6, 6.07) is 5.78. The molecule has 42 heavy (non-hydrogen) atoms. The topological polar surface area (TPSA) is 103 Å². The first-order chi connectivity index (χ1) is 19.2. The quantitative estimate of drug-likeness (QED) is 0.224. The molecule has 1 aliphatic heterocycles. The highest BCUT2D eigenvalue weighted by atomic mass is 28.4. The van der Waals surface area contributed by atoms with Crippen molar-refractivity contribution in [2.24, 2.45) is 10.7 Å². The van der Waals surface area contributed by atoms with Crippen LogP contribution in [0.1, 0.15) is 71.9 Å². The van der Waals surface area contributed by atoms with Crippen LogP contribution in [0.2, 0.25) is 36.3 Å². The van der Waals surface area contributed by atoms with Crippen molar-refractivity contribution >= 4 is 46.1 Å². The van der Waals surface area contributed by atoms with Crippen LogP contribution in [0, 0.1) is 0 Å². The number of fused-ring (bicyclic) bond motifs is 1. The number of amidine groups is 1. The summed E-state index contributed by atoms with van der Waals surface area (Å²) in [7, 11) is -2.53. The molecule has 1 aromatic rings. The number of ether oxygens (including phenoxy) is 1. The fraction of sp³-hybridized carbons (Fsp3) is 0.656. The second-order valence-electron chi connectivity index (χ2n) is 14.8. The van der Waals surface area contributed by atoms with E-state index >= 15 is 0 Å². The molecule has 0 bridgehead atoms. The van der Waals surface area contributed by atoms with Gasteiger partial charge in [0, 0.05) is 30.6 Å². The molecule has 0 radical (unpaired) electrons. The number of nitrogens with two attached hydrogens (primary N) is 1. The van der Waals surface area contributed by atoms with Gasteiger partial charge in [-0.15, -0.1) is 0 Å². The SMILES string of the molecule is COC(=O)C1(c2ccc3c(c2)N=C(N)CC(C(=O)N(CCO[Si](C)(C)C(C)(C)C)CCO[Si](C)(C)C(C)(C)C)=C3)CC1. The van der Waals surface area contributed by atoms with Crippen LogP contribution < -0.4 is 5.73 Å². The summed E-state index contributed by atoms with van der Waals surface area (Å²) in [5.41, 5.74) is 8.68. The van der Waals surface area contributed by atoms with Crippen LogP contribution in [-0.2, 0) is 28.6 Å². The van der Waals surface area contributed by atoms with Crippen molar-refractivity contribution in [1.29, 1.82) is 0 Å². The maximum Gasteiger partial charge on any atom is 0.316 e. The van der Waals surface area contributed by atoms with Crippen LogP contribution in [0.25, 0.3) is 6.08 Å². The van der Waals surface area contributed by atoms with Crippen LogP contribution in [-0.4, -0.2) is 72.7 Å². The van der Waals surface area contributed by atoms with Gasteiger partial charge in [0.2, 0.25) is 5.91 Å².